The number of carbonyl (C=O) groups is 1. The zero-order chi connectivity index (χ0) is 23.1. The van der Waals surface area contributed by atoms with Crippen molar-refractivity contribution in [2.75, 3.05) is 11.5 Å². The number of hydrogen-bond donors (Lipinski definition) is 2. The summed E-state index contributed by atoms with van der Waals surface area (Å²) in [5.74, 6) is 1.46. The molecule has 1 amide bonds. The lowest BCUT2D eigenvalue weighted by Gasteiger charge is -2.34. The number of amides is 1. The smallest absolute Gasteiger partial charge is 0.260 e. The van der Waals surface area contributed by atoms with Gasteiger partial charge in [0.25, 0.3) is 5.91 Å². The average Bonchev–Trinajstić information content (AvgIpc) is 3.39. The summed E-state index contributed by atoms with van der Waals surface area (Å²) in [5, 5.41) is 14.1. The van der Waals surface area contributed by atoms with Crippen LogP contribution in [0.2, 0.25) is 10.0 Å². The molecule has 1 saturated heterocycles. The Bertz CT molecular complexity index is 1260. The Balaban J connectivity index is 1.54. The minimum absolute atomic E-state index is 0.110. The number of nitrogens with zero attached hydrogens (tertiary/aromatic N) is 2. The number of allylic oxidation sites excluding steroid dienone is 2. The van der Waals surface area contributed by atoms with E-state index in [1.165, 1.54) is 0 Å². The van der Waals surface area contributed by atoms with Gasteiger partial charge in [-0.1, -0.05) is 35.3 Å². The van der Waals surface area contributed by atoms with E-state index >= 15 is 0 Å². The molecule has 0 spiro atoms. The Hall–Kier alpha value is -2.69. The third kappa shape index (κ3) is 3.66. The molecule has 3 heterocycles. The Morgan fingerprint density at radius 3 is 2.45 bits per heavy atom. The van der Waals surface area contributed by atoms with Gasteiger partial charge in [0.2, 0.25) is 0 Å². The fourth-order valence-electron chi connectivity index (χ4n) is 4.56. The normalized spacial score (nSPS) is 22.9. The van der Waals surface area contributed by atoms with Crippen LogP contribution in [0.25, 0.3) is 5.70 Å². The molecule has 8 heteroatoms. The van der Waals surface area contributed by atoms with Crippen molar-refractivity contribution in [1.29, 1.82) is 5.26 Å². The van der Waals surface area contributed by atoms with Gasteiger partial charge in [-0.2, -0.15) is 17.0 Å². The summed E-state index contributed by atoms with van der Waals surface area (Å²) in [7, 11) is 0. The van der Waals surface area contributed by atoms with E-state index in [2.05, 4.69) is 16.8 Å². The summed E-state index contributed by atoms with van der Waals surface area (Å²) in [6.45, 7) is 0. The first-order chi connectivity index (χ1) is 16.0. The number of carbonyl (C=O) groups excluding carboxylic acids is 1. The molecule has 2 aromatic rings. The number of thioether (sulfide) groups is 1. The van der Waals surface area contributed by atoms with Crippen LogP contribution in [0.15, 0.2) is 78.2 Å². The highest BCUT2D eigenvalue weighted by atomic mass is 35.5. The Morgan fingerprint density at radius 1 is 1.06 bits per heavy atom. The maximum Gasteiger partial charge on any atom is 0.260 e. The van der Waals surface area contributed by atoms with Crippen LogP contribution in [0.3, 0.4) is 0 Å². The topological polar surface area (TPSA) is 64.9 Å². The standard InChI is InChI=1S/C25H20Cl2N4OS/c26-17-5-7-18(8-6-17)31-22(19-3-1-2-4-21(19)27)9-10-23(31)20(15-29-31)24(32)30-25(16-28)11-13-33-14-12-25/h1-10,15H,11-14H2,(H-,29,30,32)/p+1. The lowest BCUT2D eigenvalue weighted by molar-refractivity contribution is -0.118. The highest BCUT2D eigenvalue weighted by Crippen LogP contribution is 2.48. The lowest BCUT2D eigenvalue weighted by Crippen LogP contribution is -2.52. The minimum atomic E-state index is -0.833. The molecule has 3 aliphatic rings. The Kier molecular flexibility index (Phi) is 5.75. The van der Waals surface area contributed by atoms with Crippen molar-refractivity contribution < 1.29 is 4.79 Å². The average molecular weight is 496 g/mol. The van der Waals surface area contributed by atoms with Gasteiger partial charge in [-0.15, -0.1) is 4.59 Å². The van der Waals surface area contributed by atoms with Crippen molar-refractivity contribution in [3.63, 3.8) is 0 Å². The van der Waals surface area contributed by atoms with E-state index in [9.17, 15) is 10.1 Å². The van der Waals surface area contributed by atoms with Gasteiger partial charge < -0.3 is 5.32 Å². The van der Waals surface area contributed by atoms with Crippen LogP contribution in [0.4, 0.5) is 5.69 Å². The van der Waals surface area contributed by atoms with Gasteiger partial charge in [0.15, 0.2) is 17.1 Å². The van der Waals surface area contributed by atoms with Gasteiger partial charge in [0, 0.05) is 29.3 Å². The van der Waals surface area contributed by atoms with Crippen LogP contribution in [0.1, 0.15) is 18.4 Å². The van der Waals surface area contributed by atoms with Crippen LogP contribution in [-0.4, -0.2) is 23.0 Å². The van der Waals surface area contributed by atoms with Gasteiger partial charge in [0.1, 0.15) is 11.1 Å². The second-order valence-electron chi connectivity index (χ2n) is 8.18. The first-order valence-electron chi connectivity index (χ1n) is 10.6. The van der Waals surface area contributed by atoms with E-state index in [4.69, 9.17) is 23.2 Å². The number of nitriles is 1. The molecule has 0 saturated carbocycles. The molecule has 0 aromatic heterocycles. The van der Waals surface area contributed by atoms with Crippen LogP contribution in [0.5, 0.6) is 0 Å². The highest BCUT2D eigenvalue weighted by Gasteiger charge is 2.52. The number of quaternary nitrogens is 1. The highest BCUT2D eigenvalue weighted by molar-refractivity contribution is 7.99. The molecule has 1 fully saturated rings. The van der Waals surface area contributed by atoms with E-state index in [0.717, 1.165) is 34.2 Å². The second kappa shape index (κ2) is 8.58. The summed E-state index contributed by atoms with van der Waals surface area (Å²) in [5.41, 5.74) is 6.50. The van der Waals surface area contributed by atoms with Crippen molar-refractivity contribution in [3.05, 3.63) is 93.8 Å². The largest absolute Gasteiger partial charge is 0.333 e. The third-order valence-corrected chi connectivity index (χ3v) is 7.89. The zero-order valence-electron chi connectivity index (χ0n) is 17.6. The number of rotatable bonds is 4. The van der Waals surface area contributed by atoms with Gasteiger partial charge >= 0.3 is 0 Å². The number of halogens is 2. The molecule has 33 heavy (non-hydrogen) atoms. The van der Waals surface area contributed by atoms with Crippen LogP contribution in [0, 0.1) is 11.3 Å². The maximum atomic E-state index is 13.5. The van der Waals surface area contributed by atoms with Crippen LogP contribution < -0.4 is 15.3 Å². The first-order valence-corrected chi connectivity index (χ1v) is 12.5. The molecule has 1 atom stereocenters. The van der Waals surface area contributed by atoms with Crippen molar-refractivity contribution in [3.8, 4) is 6.07 Å². The predicted molar refractivity (Wildman–Crippen MR) is 135 cm³/mol. The Morgan fingerprint density at radius 2 is 1.76 bits per heavy atom. The molecule has 5 nitrogen and oxygen atoms in total. The lowest BCUT2D eigenvalue weighted by atomic mass is 9.93. The summed E-state index contributed by atoms with van der Waals surface area (Å²) in [4.78, 5) is 13.5. The first kappa shape index (κ1) is 22.1. The number of nitrogens with one attached hydrogen (secondary N) is 2. The third-order valence-electron chi connectivity index (χ3n) is 6.32. The molecule has 1 unspecified atom stereocenters. The van der Waals surface area contributed by atoms with Crippen LogP contribution >= 0.6 is 35.0 Å². The summed E-state index contributed by atoms with van der Waals surface area (Å²) < 4.78 is 0.110. The van der Waals surface area contributed by atoms with Gasteiger partial charge in [-0.05, 0) is 48.6 Å². The summed E-state index contributed by atoms with van der Waals surface area (Å²) in [6, 6.07) is 17.5. The maximum absolute atomic E-state index is 13.5. The van der Waals surface area contributed by atoms with E-state index in [-0.39, 0.29) is 10.5 Å². The fraction of sp³-hybridized carbons (Fsp3) is 0.200. The van der Waals surface area contributed by atoms with E-state index in [1.807, 2.05) is 72.4 Å². The van der Waals surface area contributed by atoms with E-state index in [0.29, 0.717) is 28.5 Å². The van der Waals surface area contributed by atoms with Gasteiger partial charge in [-0.3, -0.25) is 4.79 Å². The fourth-order valence-corrected chi connectivity index (χ4v) is 6.11. The number of fused-ring (bicyclic) bond motifs is 1. The molecule has 166 valence electrons. The van der Waals surface area contributed by atoms with E-state index < -0.39 is 5.54 Å². The van der Waals surface area contributed by atoms with Crippen LogP contribution in [-0.2, 0) is 4.79 Å². The van der Waals surface area contributed by atoms with Crippen molar-refractivity contribution >= 4 is 52.3 Å². The van der Waals surface area contributed by atoms with Crippen molar-refractivity contribution in [2.24, 2.45) is 0 Å². The predicted octanol–water partition coefficient (Wildman–Crippen LogP) is 5.55. The zero-order valence-corrected chi connectivity index (χ0v) is 20.0. The van der Waals surface area contributed by atoms with Crippen molar-refractivity contribution in [1.82, 2.24) is 15.3 Å². The minimum Gasteiger partial charge on any atom is -0.333 e. The molecule has 0 aliphatic carbocycles. The second-order valence-corrected chi connectivity index (χ2v) is 10.2. The monoisotopic (exact) mass is 495 g/mol. The van der Waals surface area contributed by atoms with Gasteiger partial charge in [-0.25, -0.2) is 5.43 Å². The SMILES string of the molecule is N#CC1(NC(=O)C2=CN[N+]3(c4ccc(Cl)cc4)C2=CC=C3c2ccccc2Cl)CCSCC1. The molecule has 5 rings (SSSR count). The molecular weight excluding hydrogens is 475 g/mol. The molecular formula is C25H21Cl2N4OS+. The summed E-state index contributed by atoms with van der Waals surface area (Å²) >= 11 is 14.6. The molecule has 2 N–H and O–H groups in total. The van der Waals surface area contributed by atoms with Crippen molar-refractivity contribution in [2.45, 2.75) is 18.4 Å². The van der Waals surface area contributed by atoms with Gasteiger partial charge in [0.05, 0.1) is 22.9 Å². The molecule has 3 aliphatic heterocycles. The Labute approximate surface area is 206 Å². The quantitative estimate of drug-likeness (QED) is 0.545. The molecule has 0 radical (unpaired) electrons. The van der Waals surface area contributed by atoms with E-state index in [1.54, 1.807) is 6.20 Å². The number of hydrogen-bond acceptors (Lipinski definition) is 4. The molecule has 0 bridgehead atoms. The molecule has 2 aromatic carbocycles. The summed E-state index contributed by atoms with van der Waals surface area (Å²) in [6.07, 6.45) is 6.92. The number of benzene rings is 2.